The molecule has 1 fully saturated rings. The highest BCUT2D eigenvalue weighted by Gasteiger charge is 2.36. The largest absolute Gasteiger partial charge is 0.389 e. The maximum absolute atomic E-state index is 15.6. The van der Waals surface area contributed by atoms with Gasteiger partial charge in [-0.05, 0) is 75.1 Å². The van der Waals surface area contributed by atoms with E-state index in [0.29, 0.717) is 62.7 Å². The molecule has 0 radical (unpaired) electrons. The van der Waals surface area contributed by atoms with Crippen molar-refractivity contribution >= 4 is 5.91 Å². The molecule has 0 aromatic carbocycles. The molecule has 37 heavy (non-hydrogen) atoms. The third kappa shape index (κ3) is 7.72. The van der Waals surface area contributed by atoms with Crippen molar-refractivity contribution < 1.29 is 22.4 Å². The zero-order valence-corrected chi connectivity index (χ0v) is 21.4. The first-order chi connectivity index (χ1) is 17.6. The number of nitrogens with zero attached hydrogens (tertiary/aromatic N) is 3. The minimum Gasteiger partial charge on any atom is -0.349 e. The van der Waals surface area contributed by atoms with Gasteiger partial charge in [-0.25, -0.2) is 4.39 Å². The van der Waals surface area contributed by atoms with Crippen molar-refractivity contribution in [1.29, 1.82) is 0 Å². The van der Waals surface area contributed by atoms with Crippen LogP contribution in [-0.4, -0.2) is 58.3 Å². The van der Waals surface area contributed by atoms with Gasteiger partial charge in [0.15, 0.2) is 0 Å². The summed E-state index contributed by atoms with van der Waals surface area (Å²) in [7, 11) is 0. The number of carbonyl (C=O) groups excluding carboxylic acids is 1. The van der Waals surface area contributed by atoms with E-state index in [4.69, 9.17) is 0 Å². The molecule has 1 saturated carbocycles. The van der Waals surface area contributed by atoms with Crippen LogP contribution in [0.4, 0.5) is 17.6 Å². The monoisotopic (exact) mass is 520 g/mol. The van der Waals surface area contributed by atoms with Crippen molar-refractivity contribution in [2.24, 2.45) is 0 Å². The van der Waals surface area contributed by atoms with Crippen molar-refractivity contribution in [2.45, 2.75) is 89.0 Å². The fourth-order valence-electron chi connectivity index (χ4n) is 5.38. The number of hydrogen-bond acceptors (Lipinski definition) is 4. The molecule has 1 amide bonds. The van der Waals surface area contributed by atoms with Gasteiger partial charge in [0.1, 0.15) is 5.67 Å². The summed E-state index contributed by atoms with van der Waals surface area (Å²) in [6.45, 7) is 4.11. The highest BCUT2D eigenvalue weighted by molar-refractivity contribution is 5.95. The van der Waals surface area contributed by atoms with Gasteiger partial charge in [-0.3, -0.25) is 14.8 Å². The highest BCUT2D eigenvalue weighted by Crippen LogP contribution is 2.35. The number of carbonyl (C=O) groups is 1. The van der Waals surface area contributed by atoms with Gasteiger partial charge < -0.3 is 10.2 Å². The lowest BCUT2D eigenvalue weighted by Gasteiger charge is -2.35. The van der Waals surface area contributed by atoms with Crippen molar-refractivity contribution in [3.63, 3.8) is 0 Å². The molecule has 1 aliphatic heterocycles. The number of amides is 1. The molecule has 2 aliphatic rings. The van der Waals surface area contributed by atoms with Gasteiger partial charge in [0.25, 0.3) is 5.91 Å². The van der Waals surface area contributed by atoms with Crippen LogP contribution in [0.25, 0.3) is 0 Å². The molecule has 4 rings (SSSR count). The van der Waals surface area contributed by atoms with E-state index >= 15 is 4.39 Å². The number of alkyl halides is 4. The van der Waals surface area contributed by atoms with Crippen LogP contribution >= 0.6 is 0 Å². The molecular formula is C28H36F4N4O. The second-order valence-corrected chi connectivity index (χ2v) is 10.4. The first-order valence-electron chi connectivity index (χ1n) is 13.3. The molecule has 3 heterocycles. The summed E-state index contributed by atoms with van der Waals surface area (Å²) in [6, 6.07) is 7.10. The maximum atomic E-state index is 15.6. The molecule has 2 aromatic heterocycles. The molecular weight excluding hydrogens is 484 g/mol. The van der Waals surface area contributed by atoms with Crippen LogP contribution < -0.4 is 5.32 Å². The van der Waals surface area contributed by atoms with Gasteiger partial charge in [-0.15, -0.1) is 0 Å². The van der Waals surface area contributed by atoms with Crippen molar-refractivity contribution in [2.75, 3.05) is 19.6 Å². The number of nitrogens with one attached hydrogen (secondary N) is 1. The topological polar surface area (TPSA) is 58.1 Å². The molecule has 0 spiro atoms. The number of halogens is 4. The van der Waals surface area contributed by atoms with E-state index in [1.165, 1.54) is 0 Å². The normalized spacial score (nSPS) is 22.8. The average molecular weight is 521 g/mol. The number of aromatic nitrogens is 2. The number of fused-ring (bicyclic) bond motifs is 1. The van der Waals surface area contributed by atoms with Crippen LogP contribution in [-0.2, 0) is 25.7 Å². The number of aryl methyl sites for hydroxylation is 2. The van der Waals surface area contributed by atoms with Gasteiger partial charge in [-0.2, -0.15) is 13.2 Å². The van der Waals surface area contributed by atoms with Crippen LogP contribution in [0.3, 0.4) is 0 Å². The minimum atomic E-state index is -4.18. The van der Waals surface area contributed by atoms with E-state index in [-0.39, 0.29) is 18.4 Å². The smallest absolute Gasteiger partial charge is 0.349 e. The Morgan fingerprint density at radius 3 is 2.65 bits per heavy atom. The summed E-state index contributed by atoms with van der Waals surface area (Å²) < 4.78 is 53.3. The lowest BCUT2D eigenvalue weighted by atomic mass is 9.81. The molecule has 202 valence electrons. The Labute approximate surface area is 216 Å². The zero-order chi connectivity index (χ0) is 26.5. The van der Waals surface area contributed by atoms with Gasteiger partial charge in [0, 0.05) is 56.1 Å². The predicted octanol–water partition coefficient (Wildman–Crippen LogP) is 5.41. The first-order valence-corrected chi connectivity index (χ1v) is 13.3. The predicted molar refractivity (Wildman–Crippen MR) is 134 cm³/mol. The van der Waals surface area contributed by atoms with Crippen LogP contribution in [0.15, 0.2) is 30.5 Å². The molecule has 1 N–H and O–H groups in total. The van der Waals surface area contributed by atoms with Crippen LogP contribution in [0.1, 0.15) is 78.5 Å². The Bertz CT molecular complexity index is 1070. The number of rotatable bonds is 8. The fourth-order valence-corrected chi connectivity index (χ4v) is 5.38. The summed E-state index contributed by atoms with van der Waals surface area (Å²) in [5, 5.41) is 3.07. The lowest BCUT2D eigenvalue weighted by molar-refractivity contribution is -0.134. The van der Waals surface area contributed by atoms with Crippen LogP contribution in [0.5, 0.6) is 0 Å². The highest BCUT2D eigenvalue weighted by atomic mass is 19.4. The Hall–Kier alpha value is -2.55. The van der Waals surface area contributed by atoms with E-state index in [2.05, 4.69) is 20.2 Å². The van der Waals surface area contributed by atoms with Gasteiger partial charge >= 0.3 is 6.18 Å². The Balaban J connectivity index is 1.23. The molecule has 1 aliphatic carbocycles. The molecule has 0 atom stereocenters. The molecule has 0 saturated heterocycles. The number of pyridine rings is 2. The van der Waals surface area contributed by atoms with E-state index in [1.807, 2.05) is 13.0 Å². The SMILES string of the molecule is CCc1ncccc1C(=O)N[C@H]1CC[C@](F)(CCN2CCc3ccc(CCC(F)(F)F)nc3CC2)CC1. The summed E-state index contributed by atoms with van der Waals surface area (Å²) >= 11 is 0. The van der Waals surface area contributed by atoms with Crippen molar-refractivity contribution in [3.05, 3.63) is 58.7 Å². The molecule has 0 bridgehead atoms. The van der Waals surface area contributed by atoms with Crippen LogP contribution in [0.2, 0.25) is 0 Å². The van der Waals surface area contributed by atoms with E-state index in [0.717, 1.165) is 36.5 Å². The summed E-state index contributed by atoms with van der Waals surface area (Å²) in [5.41, 5.74) is 2.53. The van der Waals surface area contributed by atoms with E-state index in [9.17, 15) is 18.0 Å². The van der Waals surface area contributed by atoms with Gasteiger partial charge in [0.2, 0.25) is 0 Å². The second kappa shape index (κ2) is 11.9. The molecule has 9 heteroatoms. The third-order valence-electron chi connectivity index (χ3n) is 7.72. The van der Waals surface area contributed by atoms with Gasteiger partial charge in [0.05, 0.1) is 11.3 Å². The van der Waals surface area contributed by atoms with Crippen molar-refractivity contribution in [1.82, 2.24) is 20.2 Å². The maximum Gasteiger partial charge on any atom is 0.389 e. The summed E-state index contributed by atoms with van der Waals surface area (Å²) in [5.74, 6) is -0.138. The minimum absolute atomic E-state index is 0.0356. The standard InChI is InChI=1S/C28H36F4N4O/c1-2-24-23(4-3-16-33-24)26(37)35-22-7-12-27(29,13-8-22)15-19-36-17-10-20-5-6-21(9-14-28(30,31)32)34-25(20)11-18-36/h3-6,16,22H,2,7-15,17-19H2,1H3,(H,35,37)/t22-,27+. The van der Waals surface area contributed by atoms with Gasteiger partial charge in [-0.1, -0.05) is 13.0 Å². The first kappa shape index (κ1) is 27.5. The van der Waals surface area contributed by atoms with Crippen LogP contribution in [0, 0.1) is 0 Å². The molecule has 5 nitrogen and oxygen atoms in total. The Morgan fingerprint density at radius 2 is 1.92 bits per heavy atom. The molecule has 2 aromatic rings. The lowest BCUT2D eigenvalue weighted by Crippen LogP contribution is -2.43. The second-order valence-electron chi connectivity index (χ2n) is 10.4. The van der Waals surface area contributed by atoms with E-state index < -0.39 is 18.3 Å². The average Bonchev–Trinajstić information content (AvgIpc) is 3.09. The van der Waals surface area contributed by atoms with E-state index in [1.54, 1.807) is 24.4 Å². The molecule has 0 unspecified atom stereocenters. The Morgan fingerprint density at radius 1 is 1.16 bits per heavy atom. The third-order valence-corrected chi connectivity index (χ3v) is 7.72. The number of hydrogen-bond donors (Lipinski definition) is 1. The summed E-state index contributed by atoms with van der Waals surface area (Å²) in [4.78, 5) is 23.7. The zero-order valence-electron chi connectivity index (χ0n) is 21.4. The Kier molecular flexibility index (Phi) is 8.82. The summed E-state index contributed by atoms with van der Waals surface area (Å²) in [6.07, 6.45) is 1.15. The quantitative estimate of drug-likeness (QED) is 0.473. The van der Waals surface area contributed by atoms with Crippen molar-refractivity contribution in [3.8, 4) is 0 Å². The fraction of sp³-hybridized carbons (Fsp3) is 0.607.